The van der Waals surface area contributed by atoms with Crippen molar-refractivity contribution in [2.24, 2.45) is 0 Å². The van der Waals surface area contributed by atoms with Gasteiger partial charge in [-0.25, -0.2) is 14.6 Å². The maximum absolute atomic E-state index is 13.6. The smallest absolute Gasteiger partial charge is 0.424 e. The molecule has 4 bridgehead atoms. The lowest BCUT2D eigenvalue weighted by atomic mass is 10.0. The van der Waals surface area contributed by atoms with E-state index in [1.54, 1.807) is 54.5 Å². The van der Waals surface area contributed by atoms with Crippen LogP contribution < -0.4 is 9.64 Å². The number of ether oxygens (including phenoxy) is 5. The highest BCUT2D eigenvalue weighted by molar-refractivity contribution is 6.11. The minimum Gasteiger partial charge on any atom is -0.474 e. The first kappa shape index (κ1) is 33.9. The van der Waals surface area contributed by atoms with E-state index in [4.69, 9.17) is 33.1 Å². The monoisotopic (exact) mass is 624 g/mol. The fraction of sp³-hybridized carbons (Fsp3) is 0.545. The minimum absolute atomic E-state index is 0.0357. The van der Waals surface area contributed by atoms with Crippen LogP contribution >= 0.6 is 0 Å². The molecule has 0 spiro atoms. The van der Waals surface area contributed by atoms with Crippen molar-refractivity contribution in [3.8, 4) is 17.5 Å². The number of pyridine rings is 1. The van der Waals surface area contributed by atoms with E-state index in [1.165, 1.54) is 0 Å². The molecular weight excluding hydrogens is 580 g/mol. The van der Waals surface area contributed by atoms with Crippen molar-refractivity contribution in [3.05, 3.63) is 53.4 Å². The number of amides is 2. The van der Waals surface area contributed by atoms with E-state index in [0.29, 0.717) is 38.2 Å². The van der Waals surface area contributed by atoms with Crippen LogP contribution in [0.2, 0.25) is 0 Å². The van der Waals surface area contributed by atoms with Gasteiger partial charge in [0.05, 0.1) is 25.0 Å². The standard InChI is InChI=1S/C33H44N4O8/c1-21-19-24(37(29(38)44-31(3,4)5)30(39)45-32(6,7)8)25-27-35-36-28(43-27)33(9,41-20-23-13-11-10-12-14-23)16-18-40-17-15-22(2)42-26(21)34-25/h10-14,19,22H,15-18,20H2,1-9H3/t22-,33?/m1/s1. The van der Waals surface area contributed by atoms with E-state index >= 15 is 0 Å². The maximum atomic E-state index is 13.6. The second kappa shape index (κ2) is 13.5. The molecule has 3 heterocycles. The van der Waals surface area contributed by atoms with Crippen molar-refractivity contribution in [3.63, 3.8) is 0 Å². The number of hydrogen-bond acceptors (Lipinski definition) is 11. The third-order valence-corrected chi connectivity index (χ3v) is 6.72. The van der Waals surface area contributed by atoms with Crippen LogP contribution in [-0.2, 0) is 31.2 Å². The van der Waals surface area contributed by atoms with Crippen molar-refractivity contribution in [1.82, 2.24) is 15.2 Å². The Kier molecular flexibility index (Phi) is 10.2. The average molecular weight is 625 g/mol. The highest BCUT2D eigenvalue weighted by atomic mass is 16.6. The second-order valence-electron chi connectivity index (χ2n) is 13.3. The zero-order chi connectivity index (χ0) is 33.0. The van der Waals surface area contributed by atoms with Gasteiger partial charge in [-0.3, -0.25) is 0 Å². The van der Waals surface area contributed by atoms with Crippen LogP contribution in [0.5, 0.6) is 5.88 Å². The third-order valence-electron chi connectivity index (χ3n) is 6.72. The zero-order valence-corrected chi connectivity index (χ0v) is 27.6. The normalized spacial score (nSPS) is 19.2. The molecule has 0 saturated carbocycles. The fourth-order valence-corrected chi connectivity index (χ4v) is 4.37. The summed E-state index contributed by atoms with van der Waals surface area (Å²) in [6.45, 7) is 16.9. The zero-order valence-electron chi connectivity index (χ0n) is 27.6. The van der Waals surface area contributed by atoms with Crippen LogP contribution in [-0.4, -0.2) is 57.9 Å². The molecule has 0 N–H and O–H groups in total. The number of carbonyl (C=O) groups excluding carboxylic acids is 2. The molecule has 0 saturated heterocycles. The van der Waals surface area contributed by atoms with Crippen LogP contribution in [0.4, 0.5) is 15.3 Å². The Balaban J connectivity index is 1.86. The number of hydrogen-bond donors (Lipinski definition) is 0. The number of anilines is 1. The van der Waals surface area contributed by atoms with Crippen LogP contribution in [0.3, 0.4) is 0 Å². The predicted octanol–water partition coefficient (Wildman–Crippen LogP) is 7.13. The summed E-state index contributed by atoms with van der Waals surface area (Å²) >= 11 is 0. The van der Waals surface area contributed by atoms with Gasteiger partial charge in [-0.15, -0.1) is 10.2 Å². The Morgan fingerprint density at radius 2 is 1.64 bits per heavy atom. The topological polar surface area (TPSA) is 135 Å². The summed E-state index contributed by atoms with van der Waals surface area (Å²) in [5.74, 6) is 0.399. The molecule has 1 aliphatic heterocycles. The van der Waals surface area contributed by atoms with Gasteiger partial charge in [0, 0.05) is 25.0 Å². The molecule has 1 aliphatic rings. The van der Waals surface area contributed by atoms with E-state index in [-0.39, 0.29) is 35.1 Å². The van der Waals surface area contributed by atoms with Crippen molar-refractivity contribution in [2.75, 3.05) is 18.1 Å². The molecule has 12 heteroatoms. The maximum Gasteiger partial charge on any atom is 0.424 e. The lowest BCUT2D eigenvalue weighted by molar-refractivity contribution is -0.0853. The quantitative estimate of drug-likeness (QED) is 0.293. The van der Waals surface area contributed by atoms with Crippen LogP contribution in [0.15, 0.2) is 40.8 Å². The summed E-state index contributed by atoms with van der Waals surface area (Å²) < 4.78 is 36.0. The van der Waals surface area contributed by atoms with Crippen molar-refractivity contribution < 1.29 is 37.7 Å². The van der Waals surface area contributed by atoms with Crippen LogP contribution in [0.1, 0.15) is 85.2 Å². The Labute approximate surface area is 264 Å². The Morgan fingerprint density at radius 3 is 2.27 bits per heavy atom. The van der Waals surface area contributed by atoms with Gasteiger partial charge >= 0.3 is 12.2 Å². The molecule has 3 aromatic rings. The van der Waals surface area contributed by atoms with E-state index in [0.717, 1.165) is 10.5 Å². The first-order valence-electron chi connectivity index (χ1n) is 15.1. The molecule has 2 atom stereocenters. The summed E-state index contributed by atoms with van der Waals surface area (Å²) in [5.41, 5.74) is -1.25. The number of carbonyl (C=O) groups is 2. The first-order chi connectivity index (χ1) is 21.0. The molecule has 0 fully saturated rings. The largest absolute Gasteiger partial charge is 0.474 e. The minimum atomic E-state index is -1.03. The molecule has 4 rings (SSSR count). The van der Waals surface area contributed by atoms with Gasteiger partial charge in [0.25, 0.3) is 5.89 Å². The summed E-state index contributed by atoms with van der Waals surface area (Å²) in [4.78, 5) is 32.7. The predicted molar refractivity (Wildman–Crippen MR) is 166 cm³/mol. The summed E-state index contributed by atoms with van der Waals surface area (Å²) in [6, 6.07) is 11.3. The molecule has 1 aromatic carbocycles. The molecule has 2 aromatic heterocycles. The van der Waals surface area contributed by atoms with Crippen LogP contribution in [0, 0.1) is 6.92 Å². The van der Waals surface area contributed by atoms with Gasteiger partial charge in [-0.2, -0.15) is 4.90 Å². The lowest BCUT2D eigenvalue weighted by Crippen LogP contribution is -2.44. The number of rotatable bonds is 4. The van der Waals surface area contributed by atoms with Gasteiger partial charge in [-0.1, -0.05) is 30.3 Å². The molecular formula is C33H44N4O8. The number of imide groups is 1. The van der Waals surface area contributed by atoms with E-state index in [2.05, 4.69) is 10.2 Å². The van der Waals surface area contributed by atoms with Crippen molar-refractivity contribution >= 4 is 17.9 Å². The molecule has 244 valence electrons. The van der Waals surface area contributed by atoms with Crippen molar-refractivity contribution in [1.29, 1.82) is 0 Å². The number of aromatic nitrogens is 3. The van der Waals surface area contributed by atoms with Crippen molar-refractivity contribution in [2.45, 2.75) is 105 Å². The fourth-order valence-electron chi connectivity index (χ4n) is 4.37. The van der Waals surface area contributed by atoms with Gasteiger partial charge in [-0.05, 0) is 73.9 Å². The van der Waals surface area contributed by atoms with Gasteiger partial charge in [0.15, 0.2) is 5.69 Å². The molecule has 2 amide bonds. The van der Waals surface area contributed by atoms with Gasteiger partial charge < -0.3 is 28.1 Å². The van der Waals surface area contributed by atoms with E-state index < -0.39 is 29.0 Å². The van der Waals surface area contributed by atoms with Gasteiger partial charge in [0.1, 0.15) is 16.8 Å². The Hall–Kier alpha value is -4.03. The van der Waals surface area contributed by atoms with E-state index in [1.807, 2.05) is 44.2 Å². The first-order valence-corrected chi connectivity index (χ1v) is 15.1. The molecule has 1 unspecified atom stereocenters. The highest BCUT2D eigenvalue weighted by Gasteiger charge is 2.39. The van der Waals surface area contributed by atoms with E-state index in [9.17, 15) is 9.59 Å². The second-order valence-corrected chi connectivity index (χ2v) is 13.3. The molecule has 0 aliphatic carbocycles. The summed E-state index contributed by atoms with van der Waals surface area (Å²) in [5, 5.41) is 8.65. The average Bonchev–Trinajstić information content (AvgIpc) is 3.42. The third kappa shape index (κ3) is 9.01. The Bertz CT molecular complexity index is 1450. The lowest BCUT2D eigenvalue weighted by Gasteiger charge is -2.29. The Morgan fingerprint density at radius 1 is 1.00 bits per heavy atom. The SMILES string of the molecule is Cc1cc(N(C(=O)OC(C)(C)C)C(=O)OC(C)(C)C)c2nc1O[C@H](C)CCOCCC(C)(OCc1ccccc1)c1nnc-2o1. The van der Waals surface area contributed by atoms with Crippen LogP contribution in [0.25, 0.3) is 11.6 Å². The molecule has 12 nitrogen and oxygen atoms in total. The molecule has 45 heavy (non-hydrogen) atoms. The summed E-state index contributed by atoms with van der Waals surface area (Å²) in [7, 11) is 0. The number of benzene rings is 1. The molecule has 0 radical (unpaired) electrons. The van der Waals surface area contributed by atoms with Gasteiger partial charge in [0.2, 0.25) is 11.8 Å². The highest BCUT2D eigenvalue weighted by Crippen LogP contribution is 2.38. The number of aryl methyl sites for hydroxylation is 1. The number of nitrogens with zero attached hydrogens (tertiary/aromatic N) is 4. The summed E-state index contributed by atoms with van der Waals surface area (Å²) in [6.07, 6.45) is -1.16. The number of fused-ring (bicyclic) bond motifs is 5.